The molecule has 5 rings (SSSR count). The van der Waals surface area contributed by atoms with Gasteiger partial charge in [-0.1, -0.05) is 30.6 Å². The van der Waals surface area contributed by atoms with Crippen molar-refractivity contribution >= 4 is 16.7 Å². The maximum Gasteiger partial charge on any atom is 0.261 e. The van der Waals surface area contributed by atoms with Gasteiger partial charge in [-0.3, -0.25) is 0 Å². The van der Waals surface area contributed by atoms with Crippen molar-refractivity contribution in [1.82, 2.24) is 20.4 Å². The highest BCUT2D eigenvalue weighted by molar-refractivity contribution is 5.88. The van der Waals surface area contributed by atoms with Crippen molar-refractivity contribution in [2.75, 3.05) is 31.6 Å². The zero-order valence-corrected chi connectivity index (χ0v) is 19.5. The average Bonchev–Trinajstić information content (AvgIpc) is 3.53. The lowest BCUT2D eigenvalue weighted by Gasteiger charge is -2.39. The molecule has 2 aliphatic rings. The first-order valence-corrected chi connectivity index (χ1v) is 11.8. The monoisotopic (exact) mass is 435 g/mol. The van der Waals surface area contributed by atoms with E-state index in [0.717, 1.165) is 67.0 Å². The molecule has 7 nitrogen and oxygen atoms in total. The molecule has 0 amide bonds. The number of piperidine rings is 1. The Morgan fingerprint density at radius 3 is 2.78 bits per heavy atom. The summed E-state index contributed by atoms with van der Waals surface area (Å²) in [6.07, 6.45) is 3.38. The van der Waals surface area contributed by atoms with Gasteiger partial charge in [0, 0.05) is 37.5 Å². The Balaban J connectivity index is 1.49. The first kappa shape index (κ1) is 21.3. The van der Waals surface area contributed by atoms with Gasteiger partial charge in [-0.2, -0.15) is 4.98 Å². The van der Waals surface area contributed by atoms with Gasteiger partial charge in [-0.15, -0.1) is 0 Å². The number of ether oxygens (including phenoxy) is 1. The van der Waals surface area contributed by atoms with Gasteiger partial charge in [-0.25, -0.2) is 4.98 Å². The van der Waals surface area contributed by atoms with Crippen LogP contribution in [0.1, 0.15) is 50.4 Å². The zero-order valence-electron chi connectivity index (χ0n) is 19.5. The molecule has 1 aromatic carbocycles. The van der Waals surface area contributed by atoms with Crippen LogP contribution in [0.3, 0.4) is 0 Å². The quantitative estimate of drug-likeness (QED) is 0.593. The summed E-state index contributed by atoms with van der Waals surface area (Å²) in [6, 6.07) is 8.85. The predicted molar refractivity (Wildman–Crippen MR) is 126 cm³/mol. The van der Waals surface area contributed by atoms with E-state index in [9.17, 15) is 0 Å². The molecule has 2 aromatic heterocycles. The molecule has 1 N–H and O–H groups in total. The summed E-state index contributed by atoms with van der Waals surface area (Å²) in [5.74, 6) is 3.35. The highest BCUT2D eigenvalue weighted by atomic mass is 16.5. The summed E-state index contributed by atoms with van der Waals surface area (Å²) >= 11 is 0. The van der Waals surface area contributed by atoms with Crippen molar-refractivity contribution in [3.63, 3.8) is 0 Å². The largest absolute Gasteiger partial charge is 0.378 e. The zero-order chi connectivity index (χ0) is 22.2. The van der Waals surface area contributed by atoms with Gasteiger partial charge in [0.2, 0.25) is 0 Å². The van der Waals surface area contributed by atoms with Crippen LogP contribution in [-0.4, -0.2) is 54.0 Å². The van der Waals surface area contributed by atoms with Crippen LogP contribution < -0.4 is 10.2 Å². The van der Waals surface area contributed by atoms with E-state index in [1.54, 1.807) is 7.11 Å². The molecule has 1 saturated carbocycles. The summed E-state index contributed by atoms with van der Waals surface area (Å²) in [4.78, 5) is 12.1. The van der Waals surface area contributed by atoms with Crippen molar-refractivity contribution < 1.29 is 9.26 Å². The second-order valence-corrected chi connectivity index (χ2v) is 9.71. The van der Waals surface area contributed by atoms with E-state index in [0.29, 0.717) is 23.8 Å². The van der Waals surface area contributed by atoms with Crippen LogP contribution in [0.5, 0.6) is 0 Å². The van der Waals surface area contributed by atoms with Crippen LogP contribution in [0.25, 0.3) is 22.4 Å². The van der Waals surface area contributed by atoms with Gasteiger partial charge in [0.1, 0.15) is 5.82 Å². The number of benzene rings is 1. The Morgan fingerprint density at radius 1 is 1.19 bits per heavy atom. The first-order chi connectivity index (χ1) is 15.5. The van der Waals surface area contributed by atoms with Crippen molar-refractivity contribution in [2.24, 2.45) is 5.92 Å². The maximum atomic E-state index is 5.90. The number of hydrogen-bond acceptors (Lipinski definition) is 7. The van der Waals surface area contributed by atoms with E-state index in [1.165, 1.54) is 5.56 Å². The minimum absolute atomic E-state index is 0.0931. The number of fused-ring (bicyclic) bond motifs is 1. The molecule has 2 atom stereocenters. The van der Waals surface area contributed by atoms with E-state index in [4.69, 9.17) is 19.2 Å². The summed E-state index contributed by atoms with van der Waals surface area (Å²) in [5.41, 5.74) is 3.09. The fourth-order valence-electron chi connectivity index (χ4n) is 4.50. The second-order valence-electron chi connectivity index (χ2n) is 9.71. The molecule has 3 heterocycles. The highest BCUT2D eigenvalue weighted by Gasteiger charge is 2.33. The lowest BCUT2D eigenvalue weighted by molar-refractivity contribution is 0.0590. The highest BCUT2D eigenvalue weighted by Crippen LogP contribution is 2.40. The molecule has 2 fully saturated rings. The summed E-state index contributed by atoms with van der Waals surface area (Å²) in [6.45, 7) is 9.23. The Hall–Kier alpha value is -2.51. The second kappa shape index (κ2) is 8.79. The number of hydrogen-bond donors (Lipinski definition) is 1. The van der Waals surface area contributed by atoms with Gasteiger partial charge < -0.3 is 19.5 Å². The Labute approximate surface area is 189 Å². The van der Waals surface area contributed by atoms with Crippen molar-refractivity contribution in [2.45, 2.75) is 58.1 Å². The Bertz CT molecular complexity index is 1090. The van der Waals surface area contributed by atoms with Gasteiger partial charge >= 0.3 is 0 Å². The third kappa shape index (κ3) is 4.36. The number of nitrogens with zero attached hydrogens (tertiary/aromatic N) is 4. The number of aryl methyl sites for hydroxylation is 1. The molecule has 32 heavy (non-hydrogen) atoms. The fraction of sp³-hybridized carbons (Fsp3) is 0.560. The Kier molecular flexibility index (Phi) is 5.86. The van der Waals surface area contributed by atoms with E-state index in [1.807, 2.05) is 0 Å². The van der Waals surface area contributed by atoms with Gasteiger partial charge in [0.05, 0.1) is 17.2 Å². The van der Waals surface area contributed by atoms with Crippen LogP contribution >= 0.6 is 0 Å². The van der Waals surface area contributed by atoms with Gasteiger partial charge in [0.25, 0.3) is 5.89 Å². The molecule has 3 aromatic rings. The minimum Gasteiger partial charge on any atom is -0.378 e. The van der Waals surface area contributed by atoms with E-state index < -0.39 is 0 Å². The molecular weight excluding hydrogens is 402 g/mol. The molecule has 7 heteroatoms. The van der Waals surface area contributed by atoms with E-state index >= 15 is 0 Å². The molecular formula is C25H33N5O2. The topological polar surface area (TPSA) is 76.3 Å². The molecule has 0 spiro atoms. The average molecular weight is 436 g/mol. The van der Waals surface area contributed by atoms with Crippen LogP contribution in [0.2, 0.25) is 0 Å². The SMILES string of the molecule is COC1CN(c2nc3ccc(C)cc3cc2-c2nc(C3CC3)no2)CCC1NCC(C)C. The minimum atomic E-state index is 0.0931. The smallest absolute Gasteiger partial charge is 0.261 e. The third-order valence-corrected chi connectivity index (χ3v) is 6.51. The standard InChI is InChI=1S/C25H33N5O2/c1-15(2)13-26-21-9-10-30(14-22(21)31-4)24-19(25-28-23(29-32-25)17-6-7-17)12-18-11-16(3)5-8-20(18)27-24/h5,8,11-12,15,17,21-22,26H,6-7,9-10,13-14H2,1-4H3. The summed E-state index contributed by atoms with van der Waals surface area (Å²) in [7, 11) is 1.80. The van der Waals surface area contributed by atoms with E-state index in [2.05, 4.69) is 60.4 Å². The Morgan fingerprint density at radius 2 is 2.03 bits per heavy atom. The van der Waals surface area contributed by atoms with Crippen LogP contribution in [0.15, 0.2) is 28.8 Å². The first-order valence-electron chi connectivity index (χ1n) is 11.8. The normalized spacial score (nSPS) is 21.6. The number of anilines is 1. The molecule has 0 radical (unpaired) electrons. The lowest BCUT2D eigenvalue weighted by Crippen LogP contribution is -2.54. The molecule has 1 aliphatic heterocycles. The molecule has 0 bridgehead atoms. The predicted octanol–water partition coefficient (Wildman–Crippen LogP) is 4.31. The van der Waals surface area contributed by atoms with Crippen LogP contribution in [0.4, 0.5) is 5.82 Å². The summed E-state index contributed by atoms with van der Waals surface area (Å²) < 4.78 is 11.6. The van der Waals surface area contributed by atoms with Gasteiger partial charge in [0.15, 0.2) is 5.82 Å². The lowest BCUT2D eigenvalue weighted by atomic mass is 10.00. The van der Waals surface area contributed by atoms with Crippen LogP contribution in [-0.2, 0) is 4.74 Å². The number of rotatable bonds is 7. The maximum absolute atomic E-state index is 5.90. The van der Waals surface area contributed by atoms with Crippen molar-refractivity contribution in [3.05, 3.63) is 35.7 Å². The number of aromatic nitrogens is 3. The number of methoxy groups -OCH3 is 1. The molecule has 1 aliphatic carbocycles. The van der Waals surface area contributed by atoms with Crippen molar-refractivity contribution in [1.29, 1.82) is 0 Å². The molecule has 1 saturated heterocycles. The van der Waals surface area contributed by atoms with Crippen molar-refractivity contribution in [3.8, 4) is 11.5 Å². The number of nitrogens with one attached hydrogen (secondary N) is 1. The molecule has 170 valence electrons. The fourth-order valence-corrected chi connectivity index (χ4v) is 4.50. The van der Waals surface area contributed by atoms with Crippen LogP contribution in [0, 0.1) is 12.8 Å². The number of pyridine rings is 1. The third-order valence-electron chi connectivity index (χ3n) is 6.51. The van der Waals surface area contributed by atoms with E-state index in [-0.39, 0.29) is 6.10 Å². The molecule has 2 unspecified atom stereocenters. The van der Waals surface area contributed by atoms with Gasteiger partial charge in [-0.05, 0) is 56.8 Å². The summed E-state index contributed by atoms with van der Waals surface area (Å²) in [5, 5.41) is 9.03.